The molecule has 2 nitrogen and oxygen atoms in total. The molecule has 0 unspecified atom stereocenters. The third-order valence-corrected chi connectivity index (χ3v) is 4.86. The molecule has 0 bridgehead atoms. The van der Waals surface area contributed by atoms with Gasteiger partial charge in [0.15, 0.2) is 0 Å². The highest BCUT2D eigenvalue weighted by Crippen LogP contribution is 2.28. The number of nitrogens with one attached hydrogen (secondary N) is 1. The third-order valence-electron chi connectivity index (χ3n) is 3.08. The number of amides is 1. The van der Waals surface area contributed by atoms with Crippen LogP contribution in [0.4, 0.5) is 10.1 Å². The van der Waals surface area contributed by atoms with Gasteiger partial charge in [-0.05, 0) is 64.1 Å². The van der Waals surface area contributed by atoms with Crippen LogP contribution >= 0.6 is 27.3 Å². The molecule has 1 N–H and O–H groups in total. The normalized spacial score (nSPS) is 10.8. The Morgan fingerprint density at radius 1 is 1.19 bits per heavy atom. The molecule has 1 amide bonds. The molecule has 0 spiro atoms. The van der Waals surface area contributed by atoms with Crippen molar-refractivity contribution in [2.45, 2.75) is 6.92 Å². The molecule has 0 saturated heterocycles. The summed E-state index contributed by atoms with van der Waals surface area (Å²) in [6.45, 7) is 1.96. The molecule has 0 saturated carbocycles. The van der Waals surface area contributed by atoms with Crippen LogP contribution < -0.4 is 5.32 Å². The fraction of sp³-hybridized carbons (Fsp3) is 0.0625. The lowest BCUT2D eigenvalue weighted by molar-refractivity contribution is 0.103. The highest BCUT2D eigenvalue weighted by molar-refractivity contribution is 9.10. The summed E-state index contributed by atoms with van der Waals surface area (Å²) in [7, 11) is 0. The fourth-order valence-electron chi connectivity index (χ4n) is 2.04. The van der Waals surface area contributed by atoms with Crippen LogP contribution in [0.3, 0.4) is 0 Å². The van der Waals surface area contributed by atoms with Gasteiger partial charge in [-0.1, -0.05) is 12.1 Å². The number of carbonyl (C=O) groups is 1. The van der Waals surface area contributed by atoms with E-state index in [0.29, 0.717) is 4.88 Å². The molecule has 1 aromatic heterocycles. The van der Waals surface area contributed by atoms with Gasteiger partial charge < -0.3 is 5.32 Å². The summed E-state index contributed by atoms with van der Waals surface area (Å²) in [6.07, 6.45) is 0. The van der Waals surface area contributed by atoms with E-state index in [4.69, 9.17) is 0 Å². The predicted octanol–water partition coefficient (Wildman–Crippen LogP) is 5.36. The molecule has 106 valence electrons. The van der Waals surface area contributed by atoms with Crippen molar-refractivity contribution in [1.29, 1.82) is 0 Å². The number of hydrogen-bond donors (Lipinski definition) is 1. The van der Waals surface area contributed by atoms with Crippen molar-refractivity contribution in [3.05, 3.63) is 63.2 Å². The Morgan fingerprint density at radius 3 is 2.81 bits per heavy atom. The Bertz CT molecular complexity index is 843. The van der Waals surface area contributed by atoms with E-state index in [0.717, 1.165) is 25.8 Å². The van der Waals surface area contributed by atoms with Crippen LogP contribution in [0, 0.1) is 12.7 Å². The van der Waals surface area contributed by atoms with Crippen LogP contribution in [0.15, 0.2) is 46.9 Å². The first kappa shape index (κ1) is 14.2. The molecule has 0 fully saturated rings. The Morgan fingerprint density at radius 2 is 2.00 bits per heavy atom. The second-order valence-electron chi connectivity index (χ2n) is 4.73. The van der Waals surface area contributed by atoms with Crippen LogP contribution in [-0.2, 0) is 0 Å². The predicted molar refractivity (Wildman–Crippen MR) is 88.6 cm³/mol. The largest absolute Gasteiger partial charge is 0.320 e. The lowest BCUT2D eigenvalue weighted by atomic mass is 10.2. The van der Waals surface area contributed by atoms with Crippen molar-refractivity contribution in [2.24, 2.45) is 0 Å². The molecule has 1 heterocycles. The van der Waals surface area contributed by atoms with Gasteiger partial charge in [-0.25, -0.2) is 4.39 Å². The third kappa shape index (κ3) is 2.99. The number of hydrogen-bond acceptors (Lipinski definition) is 2. The summed E-state index contributed by atoms with van der Waals surface area (Å²) in [6, 6.07) is 12.1. The van der Waals surface area contributed by atoms with Crippen LogP contribution in [0.25, 0.3) is 10.1 Å². The summed E-state index contributed by atoms with van der Waals surface area (Å²) in [5.74, 6) is -0.486. The molecule has 0 radical (unpaired) electrons. The minimum absolute atomic E-state index is 0.192. The molecule has 0 atom stereocenters. The average Bonchev–Trinajstić information content (AvgIpc) is 2.86. The summed E-state index contributed by atoms with van der Waals surface area (Å²) >= 11 is 4.70. The van der Waals surface area contributed by atoms with E-state index in [1.165, 1.54) is 23.5 Å². The van der Waals surface area contributed by atoms with Crippen molar-refractivity contribution >= 4 is 48.9 Å². The molecule has 3 rings (SSSR count). The summed E-state index contributed by atoms with van der Waals surface area (Å²) in [5.41, 5.74) is 1.79. The van der Waals surface area contributed by atoms with Crippen LogP contribution in [-0.4, -0.2) is 5.91 Å². The van der Waals surface area contributed by atoms with E-state index in [1.54, 1.807) is 12.1 Å². The van der Waals surface area contributed by atoms with E-state index in [-0.39, 0.29) is 11.7 Å². The van der Waals surface area contributed by atoms with Gasteiger partial charge in [-0.2, -0.15) is 0 Å². The topological polar surface area (TPSA) is 29.1 Å². The zero-order chi connectivity index (χ0) is 15.0. The number of rotatable bonds is 2. The minimum atomic E-state index is -0.294. The van der Waals surface area contributed by atoms with Gasteiger partial charge in [-0.3, -0.25) is 4.79 Å². The number of benzene rings is 2. The van der Waals surface area contributed by atoms with Crippen LogP contribution in [0.1, 0.15) is 15.2 Å². The van der Waals surface area contributed by atoms with E-state index in [2.05, 4.69) is 21.2 Å². The van der Waals surface area contributed by atoms with E-state index in [9.17, 15) is 9.18 Å². The minimum Gasteiger partial charge on any atom is -0.320 e. The van der Waals surface area contributed by atoms with Crippen molar-refractivity contribution in [1.82, 2.24) is 0 Å². The van der Waals surface area contributed by atoms with Crippen LogP contribution in [0.2, 0.25) is 0 Å². The maximum absolute atomic E-state index is 13.2. The second kappa shape index (κ2) is 5.58. The summed E-state index contributed by atoms with van der Waals surface area (Å²) in [5, 5.41) is 3.74. The first-order valence-corrected chi connectivity index (χ1v) is 7.90. The fourth-order valence-corrected chi connectivity index (χ4v) is 3.36. The van der Waals surface area contributed by atoms with Gasteiger partial charge in [0, 0.05) is 9.17 Å². The molecule has 0 aliphatic rings. The molecular formula is C16H11BrFNOS. The van der Waals surface area contributed by atoms with Gasteiger partial charge in [0.25, 0.3) is 5.91 Å². The molecular weight excluding hydrogens is 353 g/mol. The van der Waals surface area contributed by atoms with Gasteiger partial charge >= 0.3 is 0 Å². The van der Waals surface area contributed by atoms with E-state index >= 15 is 0 Å². The van der Waals surface area contributed by atoms with Crippen molar-refractivity contribution in [2.75, 3.05) is 5.32 Å². The SMILES string of the molecule is Cc1ccc(Br)c(NC(=O)c2cc3ccc(F)cc3s2)c1. The first-order chi connectivity index (χ1) is 10.0. The zero-order valence-electron chi connectivity index (χ0n) is 11.1. The molecule has 2 aromatic carbocycles. The number of halogens is 2. The van der Waals surface area contributed by atoms with Gasteiger partial charge in [0.05, 0.1) is 10.6 Å². The average molecular weight is 364 g/mol. The quantitative estimate of drug-likeness (QED) is 0.651. The van der Waals surface area contributed by atoms with E-state index < -0.39 is 0 Å². The monoisotopic (exact) mass is 363 g/mol. The number of anilines is 1. The summed E-state index contributed by atoms with van der Waals surface area (Å²) in [4.78, 5) is 12.9. The Kier molecular flexibility index (Phi) is 3.78. The number of fused-ring (bicyclic) bond motifs is 1. The molecule has 0 aliphatic carbocycles. The Labute approximate surface area is 133 Å². The second-order valence-corrected chi connectivity index (χ2v) is 6.67. The van der Waals surface area contributed by atoms with Gasteiger partial charge in [-0.15, -0.1) is 11.3 Å². The maximum Gasteiger partial charge on any atom is 0.265 e. The lowest BCUT2D eigenvalue weighted by Gasteiger charge is -2.07. The maximum atomic E-state index is 13.2. The zero-order valence-corrected chi connectivity index (χ0v) is 13.5. The van der Waals surface area contributed by atoms with Crippen molar-refractivity contribution < 1.29 is 9.18 Å². The molecule has 21 heavy (non-hydrogen) atoms. The number of carbonyl (C=O) groups excluding carboxylic acids is 1. The number of aryl methyl sites for hydroxylation is 1. The standard InChI is InChI=1S/C16H11BrFNOS/c1-9-2-5-12(17)13(6-9)19-16(20)15-7-10-3-4-11(18)8-14(10)21-15/h2-8H,1H3,(H,19,20). The first-order valence-electron chi connectivity index (χ1n) is 6.29. The van der Waals surface area contributed by atoms with Crippen molar-refractivity contribution in [3.63, 3.8) is 0 Å². The highest BCUT2D eigenvalue weighted by atomic mass is 79.9. The van der Waals surface area contributed by atoms with Crippen molar-refractivity contribution in [3.8, 4) is 0 Å². The Hall–Kier alpha value is -1.72. The van der Waals surface area contributed by atoms with Crippen LogP contribution in [0.5, 0.6) is 0 Å². The van der Waals surface area contributed by atoms with Gasteiger partial charge in [0.1, 0.15) is 5.82 Å². The summed E-state index contributed by atoms with van der Waals surface area (Å²) < 4.78 is 14.8. The smallest absolute Gasteiger partial charge is 0.265 e. The lowest BCUT2D eigenvalue weighted by Crippen LogP contribution is -2.10. The highest BCUT2D eigenvalue weighted by Gasteiger charge is 2.12. The molecule has 5 heteroatoms. The van der Waals surface area contributed by atoms with E-state index in [1.807, 2.05) is 25.1 Å². The van der Waals surface area contributed by atoms with Gasteiger partial charge in [0.2, 0.25) is 0 Å². The molecule has 3 aromatic rings. The number of thiophene rings is 1. The molecule has 0 aliphatic heterocycles. The Balaban J connectivity index is 1.91.